The van der Waals surface area contributed by atoms with Crippen molar-refractivity contribution >= 4 is 56.4 Å². The van der Waals surface area contributed by atoms with Gasteiger partial charge in [-0.2, -0.15) is 0 Å². The Labute approximate surface area is 97.5 Å². The molecular formula is C7H13Cl3S2. The summed E-state index contributed by atoms with van der Waals surface area (Å²) in [7, 11) is 3.39. The first kappa shape index (κ1) is 13.6. The van der Waals surface area contributed by atoms with Gasteiger partial charge in [-0.15, -0.1) is 0 Å². The lowest BCUT2D eigenvalue weighted by molar-refractivity contribution is 0.617. The van der Waals surface area contributed by atoms with E-state index in [0.717, 1.165) is 5.75 Å². The predicted molar refractivity (Wildman–Crippen MR) is 64.6 cm³/mol. The fraction of sp³-hybridized carbons (Fsp3) is 1.00. The van der Waals surface area contributed by atoms with Gasteiger partial charge in [0.05, 0.1) is 5.25 Å². The highest BCUT2D eigenvalue weighted by Gasteiger charge is 2.35. The fourth-order valence-corrected chi connectivity index (χ4v) is 4.88. The molecule has 0 saturated carbocycles. The molecule has 0 heterocycles. The molecule has 0 nitrogen and oxygen atoms in total. The summed E-state index contributed by atoms with van der Waals surface area (Å²) < 4.78 is -1.15. The van der Waals surface area contributed by atoms with Crippen LogP contribution in [0.15, 0.2) is 0 Å². The lowest BCUT2D eigenvalue weighted by atomic mass is 10.1. The van der Waals surface area contributed by atoms with Gasteiger partial charge in [0.15, 0.2) is 0 Å². The summed E-state index contributed by atoms with van der Waals surface area (Å²) in [5, 5.41) is 0.0625. The third-order valence-corrected chi connectivity index (χ3v) is 5.53. The van der Waals surface area contributed by atoms with Crippen molar-refractivity contribution in [2.75, 3.05) is 5.75 Å². The molecule has 0 unspecified atom stereocenters. The Kier molecular flexibility index (Phi) is 6.93. The molecule has 0 N–H and O–H groups in total. The summed E-state index contributed by atoms with van der Waals surface area (Å²) >= 11 is 17.5. The first-order valence-electron chi connectivity index (χ1n) is 3.74. The summed E-state index contributed by atoms with van der Waals surface area (Å²) in [5.74, 6) is 1.41. The lowest BCUT2D eigenvalue weighted by Crippen LogP contribution is -2.26. The molecule has 5 heteroatoms. The van der Waals surface area contributed by atoms with Gasteiger partial charge in [-0.25, -0.2) is 0 Å². The largest absolute Gasteiger partial charge is 0.203 e. The van der Waals surface area contributed by atoms with Crippen molar-refractivity contribution in [1.29, 1.82) is 0 Å². The van der Waals surface area contributed by atoms with Crippen molar-refractivity contribution in [3.05, 3.63) is 0 Å². The maximum atomic E-state index is 5.83. The summed E-state index contributed by atoms with van der Waals surface area (Å²) in [4.78, 5) is 0. The molecule has 0 aliphatic rings. The van der Waals surface area contributed by atoms with Gasteiger partial charge in [0.2, 0.25) is 3.79 Å². The van der Waals surface area contributed by atoms with Crippen LogP contribution < -0.4 is 0 Å². The van der Waals surface area contributed by atoms with E-state index in [9.17, 15) is 0 Å². The monoisotopic (exact) mass is 266 g/mol. The van der Waals surface area contributed by atoms with Crippen LogP contribution in [0.5, 0.6) is 0 Å². The van der Waals surface area contributed by atoms with Gasteiger partial charge in [-0.05, 0) is 5.92 Å². The van der Waals surface area contributed by atoms with E-state index in [4.69, 9.17) is 34.8 Å². The summed E-state index contributed by atoms with van der Waals surface area (Å²) in [6.45, 7) is 6.22. The molecule has 0 saturated heterocycles. The normalized spacial score (nSPS) is 15.2. The fourth-order valence-electron chi connectivity index (χ4n) is 0.685. The topological polar surface area (TPSA) is 0 Å². The van der Waals surface area contributed by atoms with Crippen LogP contribution in [0, 0.1) is 5.92 Å². The molecule has 0 aromatic carbocycles. The average molecular weight is 268 g/mol. The van der Waals surface area contributed by atoms with E-state index < -0.39 is 3.79 Å². The van der Waals surface area contributed by atoms with E-state index in [0.29, 0.717) is 5.92 Å². The molecule has 0 fully saturated rings. The number of hydrogen-bond acceptors (Lipinski definition) is 2. The standard InChI is InChI=1S/C7H13Cl3S2/c1-4-11-12-6(5(2)3)7(8,9)10/h5-6H,4H2,1-3H3/t6-/m1/s1. The summed E-state index contributed by atoms with van der Waals surface area (Å²) in [6.07, 6.45) is 0. The summed E-state index contributed by atoms with van der Waals surface area (Å²) in [5.41, 5.74) is 0. The smallest absolute Gasteiger partial charge is 0.0940 e. The highest BCUT2D eigenvalue weighted by molar-refractivity contribution is 8.77. The SMILES string of the molecule is CCSS[C@H](C(C)C)C(Cl)(Cl)Cl. The second-order valence-corrected chi connectivity index (χ2v) is 7.88. The van der Waals surface area contributed by atoms with E-state index in [2.05, 4.69) is 20.8 Å². The number of hydrogen-bond donors (Lipinski definition) is 0. The third-order valence-electron chi connectivity index (χ3n) is 1.22. The Balaban J connectivity index is 4.05. The van der Waals surface area contributed by atoms with Crippen LogP contribution in [0.2, 0.25) is 0 Å². The molecular weight excluding hydrogens is 255 g/mol. The molecule has 74 valence electrons. The number of alkyl halides is 3. The Morgan fingerprint density at radius 1 is 1.25 bits per heavy atom. The predicted octanol–water partition coefficient (Wildman–Crippen LogP) is 4.78. The van der Waals surface area contributed by atoms with Gasteiger partial charge < -0.3 is 0 Å². The van der Waals surface area contributed by atoms with Crippen LogP contribution >= 0.6 is 56.4 Å². The molecule has 12 heavy (non-hydrogen) atoms. The number of halogens is 3. The van der Waals surface area contributed by atoms with Crippen LogP contribution in [0.4, 0.5) is 0 Å². The lowest BCUT2D eigenvalue weighted by Gasteiger charge is -2.26. The van der Waals surface area contributed by atoms with Crippen molar-refractivity contribution in [2.24, 2.45) is 5.92 Å². The Morgan fingerprint density at radius 2 is 1.75 bits per heavy atom. The highest BCUT2D eigenvalue weighted by Crippen LogP contribution is 2.45. The minimum Gasteiger partial charge on any atom is -0.0940 e. The zero-order chi connectivity index (χ0) is 9.78. The molecule has 0 aromatic rings. The van der Waals surface area contributed by atoms with Gasteiger partial charge in [0.25, 0.3) is 0 Å². The highest BCUT2D eigenvalue weighted by atomic mass is 35.6. The van der Waals surface area contributed by atoms with Crippen molar-refractivity contribution < 1.29 is 0 Å². The zero-order valence-corrected chi connectivity index (χ0v) is 11.2. The van der Waals surface area contributed by atoms with Crippen LogP contribution in [0.1, 0.15) is 20.8 Å². The van der Waals surface area contributed by atoms with Crippen LogP contribution in [-0.4, -0.2) is 14.8 Å². The van der Waals surface area contributed by atoms with E-state index in [1.807, 2.05) is 0 Å². The van der Waals surface area contributed by atoms with Crippen LogP contribution in [-0.2, 0) is 0 Å². The van der Waals surface area contributed by atoms with Crippen molar-refractivity contribution in [3.63, 3.8) is 0 Å². The molecule has 0 amide bonds. The third kappa shape index (κ3) is 5.33. The van der Waals surface area contributed by atoms with Crippen LogP contribution in [0.25, 0.3) is 0 Å². The van der Waals surface area contributed by atoms with Gasteiger partial charge in [-0.3, -0.25) is 0 Å². The maximum Gasteiger partial charge on any atom is 0.203 e. The molecule has 0 aliphatic carbocycles. The molecule has 0 bridgehead atoms. The van der Waals surface area contributed by atoms with Crippen molar-refractivity contribution in [3.8, 4) is 0 Å². The van der Waals surface area contributed by atoms with Gasteiger partial charge >= 0.3 is 0 Å². The zero-order valence-electron chi connectivity index (χ0n) is 7.31. The van der Waals surface area contributed by atoms with Gasteiger partial charge in [0, 0.05) is 5.75 Å². The quantitative estimate of drug-likeness (QED) is 0.531. The van der Waals surface area contributed by atoms with E-state index in [1.165, 1.54) is 0 Å². The molecule has 0 radical (unpaired) electrons. The van der Waals surface area contributed by atoms with Gasteiger partial charge in [-0.1, -0.05) is 77.2 Å². The molecule has 0 aliphatic heterocycles. The Hall–Kier alpha value is 1.57. The van der Waals surface area contributed by atoms with Gasteiger partial charge in [0.1, 0.15) is 0 Å². The van der Waals surface area contributed by atoms with E-state index >= 15 is 0 Å². The molecule has 0 spiro atoms. The van der Waals surface area contributed by atoms with Crippen LogP contribution in [0.3, 0.4) is 0 Å². The van der Waals surface area contributed by atoms with E-state index in [1.54, 1.807) is 21.6 Å². The molecule has 0 rings (SSSR count). The molecule has 1 atom stereocenters. The van der Waals surface area contributed by atoms with E-state index in [-0.39, 0.29) is 5.25 Å². The minimum absolute atomic E-state index is 0.0625. The number of rotatable bonds is 4. The second kappa shape index (κ2) is 6.13. The Morgan fingerprint density at radius 3 is 2.00 bits per heavy atom. The first-order valence-corrected chi connectivity index (χ1v) is 7.26. The second-order valence-electron chi connectivity index (χ2n) is 2.71. The average Bonchev–Trinajstić information content (AvgIpc) is 1.84. The van der Waals surface area contributed by atoms with Crippen molar-refractivity contribution in [1.82, 2.24) is 0 Å². The Bertz CT molecular complexity index is 122. The summed E-state index contributed by atoms with van der Waals surface area (Å²) in [6, 6.07) is 0. The first-order chi connectivity index (χ1) is 5.39. The van der Waals surface area contributed by atoms with Crippen molar-refractivity contribution in [2.45, 2.75) is 29.8 Å². The minimum atomic E-state index is -1.15. The molecule has 0 aromatic heterocycles. The maximum absolute atomic E-state index is 5.83.